The minimum Gasteiger partial charge on any atom is -0.357 e. The van der Waals surface area contributed by atoms with Crippen molar-refractivity contribution < 1.29 is 19.2 Å². The number of rotatable bonds is 3. The van der Waals surface area contributed by atoms with Gasteiger partial charge in [0.25, 0.3) is 11.8 Å². The number of nitrogens with one attached hydrogen (secondary N) is 3. The molecule has 0 bridgehead atoms. The van der Waals surface area contributed by atoms with Crippen LogP contribution in [0, 0.1) is 13.8 Å². The maximum absolute atomic E-state index is 12.7. The molecule has 2 aliphatic heterocycles. The van der Waals surface area contributed by atoms with Gasteiger partial charge in [0.15, 0.2) is 0 Å². The number of amides is 4. The Labute approximate surface area is 161 Å². The predicted octanol–water partition coefficient (Wildman–Crippen LogP) is 1.64. The normalized spacial score (nSPS) is 18.9. The van der Waals surface area contributed by atoms with Crippen molar-refractivity contribution in [3.05, 3.63) is 52.3 Å². The molecule has 28 heavy (non-hydrogen) atoms. The van der Waals surface area contributed by atoms with Crippen molar-refractivity contribution in [1.82, 2.24) is 15.2 Å². The minimum atomic E-state index is -0.653. The SMILES string of the molecule is Cc1c[nH]c(C(=O)Nc2ccc3c(c2)CN(C2CCC(=O)NC2=O)C3=O)c1C. The number of fused-ring (bicyclic) bond motifs is 1. The van der Waals surface area contributed by atoms with E-state index in [1.165, 1.54) is 4.90 Å². The van der Waals surface area contributed by atoms with Gasteiger partial charge in [-0.2, -0.15) is 0 Å². The maximum atomic E-state index is 12.7. The molecular weight excluding hydrogens is 360 g/mol. The second-order valence-corrected chi connectivity index (χ2v) is 7.20. The quantitative estimate of drug-likeness (QED) is 0.703. The fraction of sp³-hybridized carbons (Fsp3) is 0.300. The van der Waals surface area contributed by atoms with Gasteiger partial charge in [0.2, 0.25) is 11.8 Å². The molecule has 1 atom stereocenters. The lowest BCUT2D eigenvalue weighted by Crippen LogP contribution is -2.52. The summed E-state index contributed by atoms with van der Waals surface area (Å²) in [4.78, 5) is 53.1. The molecule has 3 N–H and O–H groups in total. The van der Waals surface area contributed by atoms with Crippen LogP contribution in [0.15, 0.2) is 24.4 Å². The molecular formula is C20H20N4O4. The number of nitrogens with zero attached hydrogens (tertiary/aromatic N) is 1. The van der Waals surface area contributed by atoms with Crippen molar-refractivity contribution in [2.45, 2.75) is 39.3 Å². The summed E-state index contributed by atoms with van der Waals surface area (Å²) in [5, 5.41) is 5.13. The summed E-state index contributed by atoms with van der Waals surface area (Å²) in [5.41, 5.74) is 4.22. The van der Waals surface area contributed by atoms with Crippen LogP contribution in [-0.4, -0.2) is 39.6 Å². The zero-order valence-corrected chi connectivity index (χ0v) is 15.6. The molecule has 1 fully saturated rings. The number of carbonyl (C=O) groups is 4. The molecule has 1 saturated heterocycles. The van der Waals surface area contributed by atoms with E-state index in [4.69, 9.17) is 0 Å². The van der Waals surface area contributed by atoms with E-state index >= 15 is 0 Å². The average Bonchev–Trinajstić information content (AvgIpc) is 3.15. The Hall–Kier alpha value is -3.42. The van der Waals surface area contributed by atoms with E-state index in [-0.39, 0.29) is 30.7 Å². The smallest absolute Gasteiger partial charge is 0.272 e. The first-order valence-electron chi connectivity index (χ1n) is 9.08. The van der Waals surface area contributed by atoms with Gasteiger partial charge >= 0.3 is 0 Å². The zero-order valence-electron chi connectivity index (χ0n) is 15.6. The molecule has 1 unspecified atom stereocenters. The summed E-state index contributed by atoms with van der Waals surface area (Å²) in [6.45, 7) is 4.07. The lowest BCUT2D eigenvalue weighted by atomic mass is 10.0. The Balaban J connectivity index is 1.52. The van der Waals surface area contributed by atoms with Crippen LogP contribution >= 0.6 is 0 Å². The van der Waals surface area contributed by atoms with E-state index in [0.29, 0.717) is 23.4 Å². The molecule has 0 saturated carbocycles. The van der Waals surface area contributed by atoms with Crippen LogP contribution < -0.4 is 10.6 Å². The largest absolute Gasteiger partial charge is 0.357 e. The van der Waals surface area contributed by atoms with E-state index in [1.807, 2.05) is 13.8 Å². The fourth-order valence-electron chi connectivity index (χ4n) is 3.68. The molecule has 3 heterocycles. The molecule has 2 aromatic rings. The highest BCUT2D eigenvalue weighted by molar-refractivity contribution is 6.07. The number of anilines is 1. The number of aromatic nitrogens is 1. The van der Waals surface area contributed by atoms with Crippen LogP contribution in [0.2, 0.25) is 0 Å². The number of imide groups is 1. The zero-order chi connectivity index (χ0) is 20.0. The predicted molar refractivity (Wildman–Crippen MR) is 101 cm³/mol. The number of carbonyl (C=O) groups excluding carboxylic acids is 4. The number of hydrogen-bond acceptors (Lipinski definition) is 4. The van der Waals surface area contributed by atoms with E-state index in [2.05, 4.69) is 15.6 Å². The number of piperidine rings is 1. The summed E-state index contributed by atoms with van der Waals surface area (Å²) in [6, 6.07) is 4.43. The minimum absolute atomic E-state index is 0.215. The Morgan fingerprint density at radius 1 is 1.21 bits per heavy atom. The maximum Gasteiger partial charge on any atom is 0.272 e. The van der Waals surface area contributed by atoms with Crippen molar-refractivity contribution in [2.75, 3.05) is 5.32 Å². The summed E-state index contributed by atoms with van der Waals surface area (Å²) in [5.74, 6) is -1.25. The fourth-order valence-corrected chi connectivity index (χ4v) is 3.68. The highest BCUT2D eigenvalue weighted by atomic mass is 16.2. The van der Waals surface area contributed by atoms with Gasteiger partial charge in [0, 0.05) is 30.4 Å². The van der Waals surface area contributed by atoms with Crippen molar-refractivity contribution in [3.8, 4) is 0 Å². The summed E-state index contributed by atoms with van der Waals surface area (Å²) < 4.78 is 0. The molecule has 8 heteroatoms. The van der Waals surface area contributed by atoms with Gasteiger partial charge < -0.3 is 15.2 Å². The van der Waals surface area contributed by atoms with Crippen LogP contribution in [0.5, 0.6) is 0 Å². The number of aryl methyl sites for hydroxylation is 1. The van der Waals surface area contributed by atoms with E-state index in [1.54, 1.807) is 24.4 Å². The van der Waals surface area contributed by atoms with Gasteiger partial charge in [0.1, 0.15) is 11.7 Å². The third-order valence-electron chi connectivity index (χ3n) is 5.41. The van der Waals surface area contributed by atoms with Gasteiger partial charge in [0.05, 0.1) is 0 Å². The van der Waals surface area contributed by atoms with Crippen molar-refractivity contribution in [1.29, 1.82) is 0 Å². The number of aromatic amines is 1. The third kappa shape index (κ3) is 2.96. The van der Waals surface area contributed by atoms with Crippen LogP contribution in [0.25, 0.3) is 0 Å². The van der Waals surface area contributed by atoms with E-state index in [9.17, 15) is 19.2 Å². The molecule has 0 spiro atoms. The lowest BCUT2D eigenvalue weighted by molar-refractivity contribution is -0.136. The monoisotopic (exact) mass is 380 g/mol. The molecule has 4 rings (SSSR count). The van der Waals surface area contributed by atoms with Gasteiger partial charge in [-0.3, -0.25) is 24.5 Å². The van der Waals surface area contributed by atoms with Crippen LogP contribution in [0.1, 0.15) is 50.4 Å². The molecule has 144 valence electrons. The molecule has 8 nitrogen and oxygen atoms in total. The van der Waals surface area contributed by atoms with Crippen molar-refractivity contribution >= 4 is 29.3 Å². The summed E-state index contributed by atoms with van der Waals surface area (Å²) >= 11 is 0. The van der Waals surface area contributed by atoms with Crippen molar-refractivity contribution in [3.63, 3.8) is 0 Å². The van der Waals surface area contributed by atoms with E-state index in [0.717, 1.165) is 16.7 Å². The Morgan fingerprint density at radius 2 is 2.00 bits per heavy atom. The van der Waals surface area contributed by atoms with Gasteiger partial charge in [-0.15, -0.1) is 0 Å². The third-order valence-corrected chi connectivity index (χ3v) is 5.41. The first-order valence-corrected chi connectivity index (χ1v) is 9.08. The van der Waals surface area contributed by atoms with Crippen LogP contribution in [-0.2, 0) is 16.1 Å². The first-order chi connectivity index (χ1) is 13.3. The molecule has 1 aromatic carbocycles. The summed E-state index contributed by atoms with van der Waals surface area (Å²) in [7, 11) is 0. The Bertz CT molecular complexity index is 1020. The first kappa shape index (κ1) is 18.0. The summed E-state index contributed by atoms with van der Waals surface area (Å²) in [6.07, 6.45) is 2.32. The second-order valence-electron chi connectivity index (χ2n) is 7.20. The highest BCUT2D eigenvalue weighted by Gasteiger charge is 2.39. The lowest BCUT2D eigenvalue weighted by Gasteiger charge is -2.29. The number of benzene rings is 1. The average molecular weight is 380 g/mol. The second kappa shape index (κ2) is 6.63. The van der Waals surface area contributed by atoms with Gasteiger partial charge in [-0.05, 0) is 55.2 Å². The van der Waals surface area contributed by atoms with Crippen LogP contribution in [0.4, 0.5) is 5.69 Å². The van der Waals surface area contributed by atoms with Gasteiger partial charge in [-0.1, -0.05) is 0 Å². The Morgan fingerprint density at radius 3 is 2.68 bits per heavy atom. The molecule has 1 aromatic heterocycles. The van der Waals surface area contributed by atoms with Gasteiger partial charge in [-0.25, -0.2) is 0 Å². The Kier molecular flexibility index (Phi) is 4.26. The molecule has 0 radical (unpaired) electrons. The van der Waals surface area contributed by atoms with Crippen molar-refractivity contribution in [2.24, 2.45) is 0 Å². The number of H-pyrrole nitrogens is 1. The highest BCUT2D eigenvalue weighted by Crippen LogP contribution is 2.29. The molecule has 4 amide bonds. The standard InChI is InChI=1S/C20H20N4O4/c1-10-8-21-17(11(10)2)19(27)22-13-3-4-14-12(7-13)9-24(20(14)28)15-5-6-16(25)23-18(15)26/h3-4,7-8,15,21H,5-6,9H2,1-2H3,(H,22,27)(H,23,25,26). The topological polar surface area (TPSA) is 111 Å². The van der Waals surface area contributed by atoms with E-state index < -0.39 is 11.9 Å². The number of hydrogen-bond donors (Lipinski definition) is 3. The molecule has 2 aliphatic rings. The van der Waals surface area contributed by atoms with Crippen LogP contribution in [0.3, 0.4) is 0 Å². The molecule has 0 aliphatic carbocycles.